The smallest absolute Gasteiger partial charge is 0.142 e. The molecule has 1 fully saturated rings. The van der Waals surface area contributed by atoms with Crippen LogP contribution in [0.25, 0.3) is 0 Å². The van der Waals surface area contributed by atoms with E-state index in [9.17, 15) is 4.39 Å². The minimum atomic E-state index is -0.253. The van der Waals surface area contributed by atoms with Crippen molar-refractivity contribution in [3.05, 3.63) is 24.0 Å². The molecule has 0 spiro atoms. The second-order valence-electron chi connectivity index (χ2n) is 4.58. The van der Waals surface area contributed by atoms with Crippen molar-refractivity contribution >= 4 is 5.69 Å². The summed E-state index contributed by atoms with van der Waals surface area (Å²) >= 11 is 0. The highest BCUT2D eigenvalue weighted by atomic mass is 19.1. The number of hydrogen-bond donors (Lipinski definition) is 1. The summed E-state index contributed by atoms with van der Waals surface area (Å²) < 4.78 is 23.7. The average molecular weight is 268 g/mol. The van der Waals surface area contributed by atoms with E-state index in [4.69, 9.17) is 9.47 Å². The number of ether oxygens (including phenoxy) is 2. The molecule has 19 heavy (non-hydrogen) atoms. The number of nitrogens with one attached hydrogen (secondary N) is 1. The second-order valence-corrected chi connectivity index (χ2v) is 4.58. The van der Waals surface area contributed by atoms with Crippen LogP contribution in [0.3, 0.4) is 0 Å². The summed E-state index contributed by atoms with van der Waals surface area (Å²) in [6.07, 6.45) is 1.01. The Balaban J connectivity index is 1.74. The third-order valence-corrected chi connectivity index (χ3v) is 3.23. The number of nitrogens with zero attached hydrogens (tertiary/aromatic N) is 1. The van der Waals surface area contributed by atoms with Crippen molar-refractivity contribution in [2.75, 3.05) is 51.8 Å². The molecule has 0 amide bonds. The number of morpholine rings is 1. The van der Waals surface area contributed by atoms with Gasteiger partial charge in [-0.05, 0) is 25.1 Å². The van der Waals surface area contributed by atoms with Gasteiger partial charge in [-0.1, -0.05) is 0 Å². The zero-order valence-electron chi connectivity index (χ0n) is 11.3. The molecule has 106 valence electrons. The molecule has 0 aromatic heterocycles. The molecule has 1 aliphatic rings. The Kier molecular flexibility index (Phi) is 5.42. The maximum atomic E-state index is 13.2. The number of methoxy groups -OCH3 is 1. The number of rotatable bonds is 6. The van der Waals surface area contributed by atoms with E-state index in [1.165, 1.54) is 12.1 Å². The summed E-state index contributed by atoms with van der Waals surface area (Å²) in [7, 11) is 1.59. The van der Waals surface area contributed by atoms with Crippen LogP contribution in [0.2, 0.25) is 0 Å². The summed E-state index contributed by atoms with van der Waals surface area (Å²) in [6, 6.07) is 4.50. The number of halogens is 1. The van der Waals surface area contributed by atoms with Crippen LogP contribution in [0, 0.1) is 5.82 Å². The predicted octanol–water partition coefficient (Wildman–Crippen LogP) is 1.97. The standard InChI is InChI=1S/C14H21FN2O2/c1-18-14-4-3-12(15)11-13(14)16-5-2-6-17-7-9-19-10-8-17/h3-4,11,16H,2,5-10H2,1H3. The lowest BCUT2D eigenvalue weighted by Crippen LogP contribution is -2.37. The fraction of sp³-hybridized carbons (Fsp3) is 0.571. The van der Waals surface area contributed by atoms with Gasteiger partial charge in [0.05, 0.1) is 26.0 Å². The molecule has 0 saturated carbocycles. The molecular weight excluding hydrogens is 247 g/mol. The van der Waals surface area contributed by atoms with Gasteiger partial charge < -0.3 is 14.8 Å². The maximum absolute atomic E-state index is 13.2. The zero-order valence-corrected chi connectivity index (χ0v) is 11.3. The van der Waals surface area contributed by atoms with Gasteiger partial charge in [0.1, 0.15) is 11.6 Å². The first-order valence-electron chi connectivity index (χ1n) is 6.67. The molecular formula is C14H21FN2O2. The molecule has 0 unspecified atom stereocenters. The lowest BCUT2D eigenvalue weighted by molar-refractivity contribution is 0.0378. The quantitative estimate of drug-likeness (QED) is 0.800. The van der Waals surface area contributed by atoms with Crippen LogP contribution < -0.4 is 10.1 Å². The molecule has 1 heterocycles. The molecule has 0 radical (unpaired) electrons. The fourth-order valence-electron chi connectivity index (χ4n) is 2.17. The normalized spacial score (nSPS) is 16.3. The van der Waals surface area contributed by atoms with Gasteiger partial charge in [-0.15, -0.1) is 0 Å². The van der Waals surface area contributed by atoms with Crippen LogP contribution >= 0.6 is 0 Å². The van der Waals surface area contributed by atoms with Crippen LogP contribution in [-0.2, 0) is 4.74 Å². The lowest BCUT2D eigenvalue weighted by Gasteiger charge is -2.26. The molecule has 1 aromatic carbocycles. The monoisotopic (exact) mass is 268 g/mol. The molecule has 0 bridgehead atoms. The van der Waals surface area contributed by atoms with Crippen molar-refractivity contribution in [2.24, 2.45) is 0 Å². The molecule has 1 aromatic rings. The Morgan fingerprint density at radius 3 is 2.89 bits per heavy atom. The van der Waals surface area contributed by atoms with E-state index in [-0.39, 0.29) is 5.82 Å². The second kappa shape index (κ2) is 7.31. The van der Waals surface area contributed by atoms with Crippen molar-refractivity contribution in [1.29, 1.82) is 0 Å². The van der Waals surface area contributed by atoms with Gasteiger partial charge >= 0.3 is 0 Å². The largest absolute Gasteiger partial charge is 0.495 e. The lowest BCUT2D eigenvalue weighted by atomic mass is 10.2. The Morgan fingerprint density at radius 2 is 2.16 bits per heavy atom. The molecule has 5 heteroatoms. The van der Waals surface area contributed by atoms with E-state index >= 15 is 0 Å². The Morgan fingerprint density at radius 1 is 1.37 bits per heavy atom. The number of benzene rings is 1. The number of hydrogen-bond acceptors (Lipinski definition) is 4. The molecule has 1 N–H and O–H groups in total. The Labute approximate surface area is 113 Å². The first-order chi connectivity index (χ1) is 9.29. The average Bonchev–Trinajstić information content (AvgIpc) is 2.45. The van der Waals surface area contributed by atoms with E-state index < -0.39 is 0 Å². The minimum absolute atomic E-state index is 0.253. The van der Waals surface area contributed by atoms with E-state index in [2.05, 4.69) is 10.2 Å². The van der Waals surface area contributed by atoms with Gasteiger partial charge in [0.2, 0.25) is 0 Å². The van der Waals surface area contributed by atoms with Gasteiger partial charge in [-0.25, -0.2) is 4.39 Å². The van der Waals surface area contributed by atoms with Crippen LogP contribution in [-0.4, -0.2) is 51.4 Å². The van der Waals surface area contributed by atoms with E-state index in [1.807, 2.05) is 0 Å². The van der Waals surface area contributed by atoms with Crippen LogP contribution in [0.5, 0.6) is 5.75 Å². The van der Waals surface area contributed by atoms with Gasteiger partial charge in [-0.2, -0.15) is 0 Å². The first-order valence-corrected chi connectivity index (χ1v) is 6.67. The van der Waals surface area contributed by atoms with Crippen molar-refractivity contribution in [2.45, 2.75) is 6.42 Å². The van der Waals surface area contributed by atoms with Crippen LogP contribution in [0.15, 0.2) is 18.2 Å². The van der Waals surface area contributed by atoms with Crippen molar-refractivity contribution in [1.82, 2.24) is 4.90 Å². The highest BCUT2D eigenvalue weighted by Crippen LogP contribution is 2.24. The molecule has 0 aliphatic carbocycles. The highest BCUT2D eigenvalue weighted by molar-refractivity contribution is 5.56. The third-order valence-electron chi connectivity index (χ3n) is 3.23. The fourth-order valence-corrected chi connectivity index (χ4v) is 2.17. The van der Waals surface area contributed by atoms with Gasteiger partial charge in [0.15, 0.2) is 0 Å². The maximum Gasteiger partial charge on any atom is 0.142 e. The van der Waals surface area contributed by atoms with E-state index in [0.29, 0.717) is 11.4 Å². The summed E-state index contributed by atoms with van der Waals surface area (Å²) in [5, 5.41) is 3.22. The molecule has 1 aliphatic heterocycles. The van der Waals surface area contributed by atoms with E-state index in [1.54, 1.807) is 13.2 Å². The third kappa shape index (κ3) is 4.36. The van der Waals surface area contributed by atoms with Crippen molar-refractivity contribution < 1.29 is 13.9 Å². The minimum Gasteiger partial charge on any atom is -0.495 e. The van der Waals surface area contributed by atoms with Crippen molar-refractivity contribution in [3.8, 4) is 5.75 Å². The summed E-state index contributed by atoms with van der Waals surface area (Å²) in [5.74, 6) is 0.421. The Hall–Kier alpha value is -1.33. The predicted molar refractivity (Wildman–Crippen MR) is 73.3 cm³/mol. The topological polar surface area (TPSA) is 33.7 Å². The Bertz CT molecular complexity index is 395. The van der Waals surface area contributed by atoms with Gasteiger partial charge in [0, 0.05) is 25.7 Å². The van der Waals surface area contributed by atoms with Crippen molar-refractivity contribution in [3.63, 3.8) is 0 Å². The SMILES string of the molecule is COc1ccc(F)cc1NCCCN1CCOCC1. The van der Waals surface area contributed by atoms with Crippen LogP contribution in [0.4, 0.5) is 10.1 Å². The number of anilines is 1. The molecule has 1 saturated heterocycles. The first kappa shape index (κ1) is 14.1. The summed E-state index contributed by atoms with van der Waals surface area (Å²) in [6.45, 7) is 5.49. The zero-order chi connectivity index (χ0) is 13.5. The van der Waals surface area contributed by atoms with Gasteiger partial charge in [0.25, 0.3) is 0 Å². The van der Waals surface area contributed by atoms with Crippen LogP contribution in [0.1, 0.15) is 6.42 Å². The van der Waals surface area contributed by atoms with E-state index in [0.717, 1.165) is 45.8 Å². The molecule has 0 atom stereocenters. The van der Waals surface area contributed by atoms with Gasteiger partial charge in [-0.3, -0.25) is 4.90 Å². The molecule has 2 rings (SSSR count). The summed E-state index contributed by atoms with van der Waals surface area (Å²) in [4.78, 5) is 2.38. The summed E-state index contributed by atoms with van der Waals surface area (Å²) in [5.41, 5.74) is 0.712. The highest BCUT2D eigenvalue weighted by Gasteiger charge is 2.09. The molecule has 4 nitrogen and oxygen atoms in total.